The van der Waals surface area contributed by atoms with Gasteiger partial charge in [-0.3, -0.25) is 0 Å². The molecule has 0 aliphatic carbocycles. The van der Waals surface area contributed by atoms with E-state index in [1.807, 2.05) is 0 Å². The molecule has 0 saturated carbocycles. The summed E-state index contributed by atoms with van der Waals surface area (Å²) in [5, 5.41) is 41.6. The van der Waals surface area contributed by atoms with Crippen LogP contribution < -0.4 is 0 Å². The van der Waals surface area contributed by atoms with Gasteiger partial charge < -0.3 is 25.5 Å². The van der Waals surface area contributed by atoms with Crippen LogP contribution in [-0.4, -0.2) is 58.1 Å². The van der Waals surface area contributed by atoms with Crippen LogP contribution in [0.15, 0.2) is 0 Å². The van der Waals surface area contributed by atoms with Crippen LogP contribution in [0.1, 0.15) is 32.1 Å². The van der Waals surface area contributed by atoms with Crippen molar-refractivity contribution in [3.05, 3.63) is 0 Å². The first kappa shape index (κ1) is 17.2. The van der Waals surface area contributed by atoms with E-state index in [2.05, 4.69) is 0 Å². The number of hydrogen-bond acceptors (Lipinski definition) is 5. The number of aliphatic hydroxyl groups is 5. The molecule has 1 atom stereocenters. The van der Waals surface area contributed by atoms with Gasteiger partial charge in [0.2, 0.25) is 0 Å². The second-order valence-corrected chi connectivity index (χ2v) is 3.21. The van der Waals surface area contributed by atoms with Crippen molar-refractivity contribution < 1.29 is 25.5 Å². The van der Waals surface area contributed by atoms with Crippen molar-refractivity contribution in [3.8, 4) is 0 Å². The summed E-state index contributed by atoms with van der Waals surface area (Å²) in [7, 11) is 0. The molecule has 0 amide bonds. The normalized spacial score (nSPS) is 11.8. The molecule has 0 bridgehead atoms. The Labute approximate surface area is 91.0 Å². The van der Waals surface area contributed by atoms with Crippen LogP contribution in [0.25, 0.3) is 0 Å². The second kappa shape index (κ2) is 16.2. The lowest BCUT2D eigenvalue weighted by Gasteiger charge is -2.03. The van der Waals surface area contributed by atoms with Crippen LogP contribution in [-0.2, 0) is 0 Å². The molecule has 94 valence electrons. The van der Waals surface area contributed by atoms with Crippen molar-refractivity contribution in [1.82, 2.24) is 0 Å². The molecule has 5 heteroatoms. The van der Waals surface area contributed by atoms with Gasteiger partial charge in [0.1, 0.15) is 0 Å². The van der Waals surface area contributed by atoms with Gasteiger partial charge in [0.25, 0.3) is 0 Å². The van der Waals surface area contributed by atoms with Gasteiger partial charge in [0.15, 0.2) is 0 Å². The van der Waals surface area contributed by atoms with Crippen LogP contribution >= 0.6 is 0 Å². The average molecular weight is 224 g/mol. The molecule has 0 aliphatic rings. The molecule has 0 radical (unpaired) electrons. The first-order valence-corrected chi connectivity index (χ1v) is 5.34. The number of unbranched alkanes of at least 4 members (excludes halogenated alkanes) is 2. The predicted molar refractivity (Wildman–Crippen MR) is 57.4 cm³/mol. The Balaban J connectivity index is 0. The van der Waals surface area contributed by atoms with Gasteiger partial charge in [-0.25, -0.2) is 0 Å². The smallest absolute Gasteiger partial charge is 0.0771 e. The zero-order chi connectivity index (χ0) is 11.9. The van der Waals surface area contributed by atoms with Crippen molar-refractivity contribution in [1.29, 1.82) is 0 Å². The highest BCUT2D eigenvalue weighted by atomic mass is 16.3. The Bertz CT molecular complexity index is 95.8. The molecule has 0 aromatic carbocycles. The van der Waals surface area contributed by atoms with E-state index in [0.29, 0.717) is 12.8 Å². The summed E-state index contributed by atoms with van der Waals surface area (Å²) in [6, 6.07) is 0. The lowest BCUT2D eigenvalue weighted by molar-refractivity contribution is 0.0848. The van der Waals surface area contributed by atoms with E-state index in [9.17, 15) is 0 Å². The first-order chi connectivity index (χ1) is 7.22. The van der Waals surface area contributed by atoms with Gasteiger partial charge in [0, 0.05) is 19.8 Å². The van der Waals surface area contributed by atoms with E-state index >= 15 is 0 Å². The zero-order valence-corrected chi connectivity index (χ0v) is 9.18. The molecular formula is C10H24O5. The zero-order valence-electron chi connectivity index (χ0n) is 9.18. The molecule has 15 heavy (non-hydrogen) atoms. The highest BCUT2D eigenvalue weighted by molar-refractivity contribution is 4.51. The van der Waals surface area contributed by atoms with Crippen molar-refractivity contribution in [2.24, 2.45) is 0 Å². The van der Waals surface area contributed by atoms with Gasteiger partial charge in [-0.05, 0) is 32.1 Å². The molecule has 1 unspecified atom stereocenters. The van der Waals surface area contributed by atoms with Gasteiger partial charge in [-0.15, -0.1) is 0 Å². The molecule has 0 fully saturated rings. The Morgan fingerprint density at radius 1 is 0.667 bits per heavy atom. The van der Waals surface area contributed by atoms with E-state index in [-0.39, 0.29) is 26.4 Å². The third kappa shape index (κ3) is 20.0. The van der Waals surface area contributed by atoms with E-state index in [0.717, 1.165) is 19.3 Å². The molecule has 0 aliphatic heterocycles. The summed E-state index contributed by atoms with van der Waals surface area (Å²) in [6.45, 7) is 0.380. The Morgan fingerprint density at radius 3 is 1.40 bits per heavy atom. The number of rotatable bonds is 8. The minimum absolute atomic E-state index is 0.165. The summed E-state index contributed by atoms with van der Waals surface area (Å²) in [5.41, 5.74) is 0. The summed E-state index contributed by atoms with van der Waals surface area (Å²) in [4.78, 5) is 0. The molecule has 0 aromatic rings. The third-order valence-corrected chi connectivity index (χ3v) is 1.72. The highest BCUT2D eigenvalue weighted by Gasteiger charge is 1.99. The first-order valence-electron chi connectivity index (χ1n) is 5.34. The topological polar surface area (TPSA) is 101 Å². The maximum Gasteiger partial charge on any atom is 0.0771 e. The fourth-order valence-electron chi connectivity index (χ4n) is 0.807. The molecule has 5 N–H and O–H groups in total. The Kier molecular flexibility index (Phi) is 18.6. The largest absolute Gasteiger partial charge is 0.396 e. The molecule has 0 saturated heterocycles. The highest BCUT2D eigenvalue weighted by Crippen LogP contribution is 1.98. The van der Waals surface area contributed by atoms with Crippen molar-refractivity contribution in [3.63, 3.8) is 0 Å². The van der Waals surface area contributed by atoms with Gasteiger partial charge in [-0.2, -0.15) is 0 Å². The van der Waals surface area contributed by atoms with Crippen LogP contribution in [0.5, 0.6) is 0 Å². The second-order valence-electron chi connectivity index (χ2n) is 3.21. The van der Waals surface area contributed by atoms with Crippen LogP contribution in [0.2, 0.25) is 0 Å². The SMILES string of the molecule is OCCCCC(O)CO.OCCCCO. The maximum atomic E-state index is 8.75. The Hall–Kier alpha value is -0.200. The number of hydrogen-bond donors (Lipinski definition) is 5. The van der Waals surface area contributed by atoms with Gasteiger partial charge in [0.05, 0.1) is 12.7 Å². The van der Waals surface area contributed by atoms with Crippen molar-refractivity contribution in [2.75, 3.05) is 26.4 Å². The van der Waals surface area contributed by atoms with E-state index in [4.69, 9.17) is 25.5 Å². The van der Waals surface area contributed by atoms with Crippen molar-refractivity contribution in [2.45, 2.75) is 38.2 Å². The average Bonchev–Trinajstić information content (AvgIpc) is 2.27. The molecule has 5 nitrogen and oxygen atoms in total. The lowest BCUT2D eigenvalue weighted by atomic mass is 10.2. The van der Waals surface area contributed by atoms with Crippen LogP contribution in [0.4, 0.5) is 0 Å². The lowest BCUT2D eigenvalue weighted by Crippen LogP contribution is -2.11. The van der Waals surface area contributed by atoms with Crippen LogP contribution in [0, 0.1) is 0 Å². The van der Waals surface area contributed by atoms with E-state index < -0.39 is 6.10 Å². The molecule has 0 spiro atoms. The third-order valence-electron chi connectivity index (χ3n) is 1.72. The number of aliphatic hydroxyl groups excluding tert-OH is 5. The predicted octanol–water partition coefficient (Wildman–Crippen LogP) is -0.747. The molecule has 0 rings (SSSR count). The summed E-state index contributed by atoms with van der Waals surface area (Å²) < 4.78 is 0. The monoisotopic (exact) mass is 224 g/mol. The Morgan fingerprint density at radius 2 is 1.07 bits per heavy atom. The quantitative estimate of drug-likeness (QED) is 0.349. The van der Waals surface area contributed by atoms with E-state index in [1.165, 1.54) is 0 Å². The maximum absolute atomic E-state index is 8.75. The van der Waals surface area contributed by atoms with Gasteiger partial charge in [-0.1, -0.05) is 0 Å². The van der Waals surface area contributed by atoms with Crippen molar-refractivity contribution >= 4 is 0 Å². The van der Waals surface area contributed by atoms with E-state index in [1.54, 1.807) is 0 Å². The van der Waals surface area contributed by atoms with Gasteiger partial charge >= 0.3 is 0 Å². The summed E-state index contributed by atoms with van der Waals surface area (Å²) in [6.07, 6.45) is 2.90. The fraction of sp³-hybridized carbons (Fsp3) is 1.00. The molecular weight excluding hydrogens is 200 g/mol. The fourth-order valence-corrected chi connectivity index (χ4v) is 0.807. The minimum atomic E-state index is -0.600. The molecule has 0 heterocycles. The minimum Gasteiger partial charge on any atom is -0.396 e. The summed E-state index contributed by atoms with van der Waals surface area (Å²) >= 11 is 0. The van der Waals surface area contributed by atoms with Crippen LogP contribution in [0.3, 0.4) is 0 Å². The molecule has 0 aromatic heterocycles. The summed E-state index contributed by atoms with van der Waals surface area (Å²) in [5.74, 6) is 0. The standard InChI is InChI=1S/C6H14O3.C4H10O2/c7-4-2-1-3-6(9)5-8;5-3-1-2-4-6/h6-9H,1-5H2;5-6H,1-4H2.